The summed E-state index contributed by atoms with van der Waals surface area (Å²) >= 11 is 0. The van der Waals surface area contributed by atoms with Crippen molar-refractivity contribution in [1.29, 1.82) is 0 Å². The van der Waals surface area contributed by atoms with Gasteiger partial charge in [-0.15, -0.1) is 0 Å². The Kier molecular flexibility index (Phi) is 5.13. The molecule has 0 atom stereocenters. The largest absolute Gasteiger partial charge is 0.490 e. The van der Waals surface area contributed by atoms with Gasteiger partial charge in [-0.3, -0.25) is 4.79 Å². The lowest BCUT2D eigenvalue weighted by atomic mass is 10.1. The third-order valence-electron chi connectivity index (χ3n) is 2.42. The van der Waals surface area contributed by atoms with Gasteiger partial charge in [-0.2, -0.15) is 0 Å². The Morgan fingerprint density at radius 1 is 0.950 bits per heavy atom. The molecule has 0 heterocycles. The third-order valence-corrected chi connectivity index (χ3v) is 2.42. The molecule has 0 aliphatic rings. The maximum atomic E-state index is 11.7. The van der Waals surface area contributed by atoms with Crippen LogP contribution in [0.4, 0.5) is 0 Å². The van der Waals surface area contributed by atoms with Gasteiger partial charge in [-0.05, 0) is 46.8 Å². The average molecular weight is 280 g/mol. The first-order valence-corrected chi connectivity index (χ1v) is 6.48. The highest BCUT2D eigenvalue weighted by atomic mass is 16.5. The number of carbonyl (C=O) groups is 2. The number of hydrogen-bond donors (Lipinski definition) is 1. The lowest BCUT2D eigenvalue weighted by Crippen LogP contribution is -2.14. The van der Waals surface area contributed by atoms with Gasteiger partial charge in [0.1, 0.15) is 17.1 Å². The number of carbonyl (C=O) groups excluding carboxylic acids is 1. The molecule has 5 heteroatoms. The molecule has 0 saturated carbocycles. The Morgan fingerprint density at radius 2 is 1.35 bits per heavy atom. The molecule has 0 aliphatic heterocycles. The summed E-state index contributed by atoms with van der Waals surface area (Å²) in [6, 6.07) is 2.78. The molecule has 1 N–H and O–H groups in total. The first-order chi connectivity index (χ1) is 9.22. The lowest BCUT2D eigenvalue weighted by molar-refractivity contribution is 0.0688. The second-order valence-corrected chi connectivity index (χ2v) is 5.04. The maximum absolute atomic E-state index is 11.7. The molecule has 0 aliphatic carbocycles. The first kappa shape index (κ1) is 16.0. The van der Waals surface area contributed by atoms with Crippen LogP contribution in [-0.4, -0.2) is 29.1 Å². The Morgan fingerprint density at radius 3 is 1.70 bits per heavy atom. The first-order valence-electron chi connectivity index (χ1n) is 6.48. The number of rotatable bonds is 6. The van der Waals surface area contributed by atoms with Crippen LogP contribution in [0.5, 0.6) is 11.5 Å². The van der Waals surface area contributed by atoms with E-state index in [4.69, 9.17) is 9.47 Å². The van der Waals surface area contributed by atoms with E-state index in [-0.39, 0.29) is 35.1 Å². The van der Waals surface area contributed by atoms with Crippen LogP contribution in [0.15, 0.2) is 12.1 Å². The standard InChI is InChI=1S/C15H20O5/c1-8(2)19-13-7-12(15(17)18)14(20-9(3)4)6-11(13)10(5)16/h6-9H,1-5H3,(H,17,18). The van der Waals surface area contributed by atoms with Crippen molar-refractivity contribution in [1.82, 2.24) is 0 Å². The predicted octanol–water partition coefficient (Wildman–Crippen LogP) is 3.16. The van der Waals surface area contributed by atoms with E-state index in [0.29, 0.717) is 5.56 Å². The molecule has 1 aromatic rings. The molecule has 0 amide bonds. The van der Waals surface area contributed by atoms with E-state index in [0.717, 1.165) is 0 Å². The highest BCUT2D eigenvalue weighted by Crippen LogP contribution is 2.31. The Labute approximate surface area is 118 Å². The smallest absolute Gasteiger partial charge is 0.339 e. The summed E-state index contributed by atoms with van der Waals surface area (Å²) in [6.07, 6.45) is -0.351. The van der Waals surface area contributed by atoms with E-state index in [1.54, 1.807) is 13.8 Å². The molecule has 0 bridgehead atoms. The topological polar surface area (TPSA) is 72.8 Å². The molecule has 20 heavy (non-hydrogen) atoms. The molecule has 5 nitrogen and oxygen atoms in total. The second kappa shape index (κ2) is 6.41. The summed E-state index contributed by atoms with van der Waals surface area (Å²) in [7, 11) is 0. The van der Waals surface area contributed by atoms with Gasteiger partial charge in [0.25, 0.3) is 0 Å². The molecule has 0 saturated heterocycles. The summed E-state index contributed by atoms with van der Waals surface area (Å²) in [4.78, 5) is 23.0. The summed E-state index contributed by atoms with van der Waals surface area (Å²) < 4.78 is 11.0. The Hall–Kier alpha value is -2.04. The van der Waals surface area contributed by atoms with E-state index >= 15 is 0 Å². The molecule has 110 valence electrons. The summed E-state index contributed by atoms with van der Waals surface area (Å²) in [6.45, 7) is 8.60. The summed E-state index contributed by atoms with van der Waals surface area (Å²) in [5.41, 5.74) is 0.304. The van der Waals surface area contributed by atoms with E-state index in [1.165, 1.54) is 19.1 Å². The van der Waals surface area contributed by atoms with Gasteiger partial charge >= 0.3 is 5.97 Å². The SMILES string of the molecule is CC(=O)c1cc(OC(C)C)c(C(=O)O)cc1OC(C)C. The lowest BCUT2D eigenvalue weighted by Gasteiger charge is -2.18. The highest BCUT2D eigenvalue weighted by Gasteiger charge is 2.20. The van der Waals surface area contributed by atoms with Crippen molar-refractivity contribution in [2.45, 2.75) is 46.8 Å². The molecule has 1 aromatic carbocycles. The minimum Gasteiger partial charge on any atom is -0.490 e. The van der Waals surface area contributed by atoms with Crippen LogP contribution in [0.2, 0.25) is 0 Å². The van der Waals surface area contributed by atoms with Crippen LogP contribution < -0.4 is 9.47 Å². The third kappa shape index (κ3) is 3.98. The van der Waals surface area contributed by atoms with E-state index < -0.39 is 5.97 Å². The van der Waals surface area contributed by atoms with Crippen LogP contribution in [0, 0.1) is 0 Å². The molecule has 0 aromatic heterocycles. The van der Waals surface area contributed by atoms with Crippen LogP contribution in [-0.2, 0) is 0 Å². The number of carboxylic acid groups (broad SMARTS) is 1. The van der Waals surface area contributed by atoms with E-state index in [2.05, 4.69) is 0 Å². The van der Waals surface area contributed by atoms with Gasteiger partial charge in [-0.25, -0.2) is 4.79 Å². The number of Topliss-reactive ketones (excluding diaryl/α,β-unsaturated/α-hetero) is 1. The van der Waals surface area contributed by atoms with Crippen molar-refractivity contribution in [2.75, 3.05) is 0 Å². The molecule has 0 radical (unpaired) electrons. The summed E-state index contributed by atoms with van der Waals surface area (Å²) in [5, 5.41) is 9.25. The number of ether oxygens (including phenoxy) is 2. The Balaban J connectivity index is 3.42. The quantitative estimate of drug-likeness (QED) is 0.810. The fraction of sp³-hybridized carbons (Fsp3) is 0.467. The molecular formula is C15H20O5. The number of hydrogen-bond acceptors (Lipinski definition) is 4. The predicted molar refractivity (Wildman–Crippen MR) is 74.9 cm³/mol. The minimum absolute atomic E-state index is 0.0145. The van der Waals surface area contributed by atoms with Gasteiger partial charge in [0.05, 0.1) is 17.8 Å². The normalized spacial score (nSPS) is 10.8. The minimum atomic E-state index is -1.12. The number of ketones is 1. The van der Waals surface area contributed by atoms with Crippen LogP contribution >= 0.6 is 0 Å². The van der Waals surface area contributed by atoms with Gasteiger partial charge in [0.2, 0.25) is 0 Å². The zero-order valence-electron chi connectivity index (χ0n) is 12.4. The molecule has 0 spiro atoms. The van der Waals surface area contributed by atoms with Gasteiger partial charge in [-0.1, -0.05) is 0 Å². The van der Waals surface area contributed by atoms with E-state index in [9.17, 15) is 14.7 Å². The van der Waals surface area contributed by atoms with Crippen LogP contribution in [0.1, 0.15) is 55.3 Å². The fourth-order valence-electron chi connectivity index (χ4n) is 1.71. The summed E-state index contributed by atoms with van der Waals surface area (Å²) in [5.74, 6) is -0.884. The Bertz CT molecular complexity index is 469. The van der Waals surface area contributed by atoms with Gasteiger partial charge in [0.15, 0.2) is 5.78 Å². The second-order valence-electron chi connectivity index (χ2n) is 5.04. The van der Waals surface area contributed by atoms with Crippen LogP contribution in [0.3, 0.4) is 0 Å². The van der Waals surface area contributed by atoms with Gasteiger partial charge < -0.3 is 14.6 Å². The van der Waals surface area contributed by atoms with Crippen molar-refractivity contribution in [3.8, 4) is 11.5 Å². The van der Waals surface area contributed by atoms with Crippen molar-refractivity contribution in [2.24, 2.45) is 0 Å². The van der Waals surface area contributed by atoms with Crippen molar-refractivity contribution in [3.05, 3.63) is 23.3 Å². The number of benzene rings is 1. The highest BCUT2D eigenvalue weighted by molar-refractivity contribution is 6.00. The zero-order chi connectivity index (χ0) is 15.4. The van der Waals surface area contributed by atoms with Gasteiger partial charge in [0, 0.05) is 0 Å². The fourth-order valence-corrected chi connectivity index (χ4v) is 1.71. The number of aromatic carboxylic acids is 1. The molecule has 0 unspecified atom stereocenters. The van der Waals surface area contributed by atoms with Crippen molar-refractivity contribution in [3.63, 3.8) is 0 Å². The van der Waals surface area contributed by atoms with Crippen molar-refractivity contribution >= 4 is 11.8 Å². The monoisotopic (exact) mass is 280 g/mol. The molecule has 0 fully saturated rings. The maximum Gasteiger partial charge on any atom is 0.339 e. The molecular weight excluding hydrogens is 260 g/mol. The van der Waals surface area contributed by atoms with Crippen LogP contribution in [0.25, 0.3) is 0 Å². The average Bonchev–Trinajstić information content (AvgIpc) is 2.28. The zero-order valence-corrected chi connectivity index (χ0v) is 12.4. The molecule has 1 rings (SSSR count). The number of carboxylic acids is 1. The van der Waals surface area contributed by atoms with Crippen molar-refractivity contribution < 1.29 is 24.2 Å². The van der Waals surface area contributed by atoms with E-state index in [1.807, 2.05) is 13.8 Å².